The maximum Gasteiger partial charge on any atom is 0.254 e. The van der Waals surface area contributed by atoms with Gasteiger partial charge < -0.3 is 15.6 Å². The highest BCUT2D eigenvalue weighted by molar-refractivity contribution is 5.95. The smallest absolute Gasteiger partial charge is 0.254 e. The minimum Gasteiger partial charge on any atom is -0.399 e. The van der Waals surface area contributed by atoms with Gasteiger partial charge in [-0.2, -0.15) is 0 Å². The molecule has 1 heterocycles. The Bertz CT molecular complexity index is 594. The van der Waals surface area contributed by atoms with Crippen LogP contribution in [0.25, 0.3) is 0 Å². The van der Waals surface area contributed by atoms with Crippen LogP contribution >= 0.6 is 0 Å². The molecule has 0 spiro atoms. The molecular formula is C13H15FN4O. The van der Waals surface area contributed by atoms with Crippen molar-refractivity contribution in [3.8, 4) is 0 Å². The third-order valence-corrected chi connectivity index (χ3v) is 2.79. The van der Waals surface area contributed by atoms with E-state index in [0.717, 1.165) is 5.82 Å². The van der Waals surface area contributed by atoms with Gasteiger partial charge in [0, 0.05) is 38.1 Å². The summed E-state index contributed by atoms with van der Waals surface area (Å²) in [6, 6.07) is 3.93. The van der Waals surface area contributed by atoms with Gasteiger partial charge in [-0.05, 0) is 18.2 Å². The standard InChI is InChI=1S/C13H15FN4O/c1-18-7-6-16-12(18)4-5-17-13(19)10-8-9(15)2-3-11(10)14/h2-3,6-8H,4-5,15H2,1H3,(H,17,19). The number of aromatic nitrogens is 2. The predicted molar refractivity (Wildman–Crippen MR) is 70.1 cm³/mol. The first-order chi connectivity index (χ1) is 9.08. The Morgan fingerprint density at radius 2 is 2.32 bits per heavy atom. The lowest BCUT2D eigenvalue weighted by molar-refractivity contribution is 0.0950. The normalized spacial score (nSPS) is 10.4. The molecule has 0 fully saturated rings. The van der Waals surface area contributed by atoms with Crippen LogP contribution in [-0.2, 0) is 13.5 Å². The number of anilines is 1. The summed E-state index contributed by atoms with van der Waals surface area (Å²) in [5.74, 6) is -0.198. The maximum atomic E-state index is 13.5. The van der Waals surface area contributed by atoms with E-state index in [1.807, 2.05) is 17.8 Å². The van der Waals surface area contributed by atoms with E-state index in [1.54, 1.807) is 6.20 Å². The molecule has 5 nitrogen and oxygen atoms in total. The second-order valence-electron chi connectivity index (χ2n) is 4.20. The van der Waals surface area contributed by atoms with E-state index >= 15 is 0 Å². The van der Waals surface area contributed by atoms with Crippen molar-refractivity contribution in [2.75, 3.05) is 12.3 Å². The SMILES string of the molecule is Cn1ccnc1CCNC(=O)c1cc(N)ccc1F. The number of nitrogen functional groups attached to an aromatic ring is 1. The molecule has 2 aromatic rings. The van der Waals surface area contributed by atoms with Crippen LogP contribution in [0.5, 0.6) is 0 Å². The lowest BCUT2D eigenvalue weighted by Crippen LogP contribution is -2.27. The number of amides is 1. The third-order valence-electron chi connectivity index (χ3n) is 2.79. The number of carbonyl (C=O) groups is 1. The van der Waals surface area contributed by atoms with E-state index < -0.39 is 11.7 Å². The average molecular weight is 262 g/mol. The highest BCUT2D eigenvalue weighted by atomic mass is 19.1. The van der Waals surface area contributed by atoms with Crippen LogP contribution < -0.4 is 11.1 Å². The van der Waals surface area contributed by atoms with Crippen molar-refractivity contribution in [2.24, 2.45) is 7.05 Å². The van der Waals surface area contributed by atoms with Gasteiger partial charge in [0.15, 0.2) is 0 Å². The van der Waals surface area contributed by atoms with Gasteiger partial charge in [-0.1, -0.05) is 0 Å². The Balaban J connectivity index is 1.94. The van der Waals surface area contributed by atoms with Crippen molar-refractivity contribution in [3.63, 3.8) is 0 Å². The number of aryl methyl sites for hydroxylation is 1. The zero-order valence-corrected chi connectivity index (χ0v) is 10.6. The molecule has 2 rings (SSSR count). The molecule has 0 aliphatic carbocycles. The quantitative estimate of drug-likeness (QED) is 0.811. The zero-order valence-electron chi connectivity index (χ0n) is 10.6. The number of imidazole rings is 1. The van der Waals surface area contributed by atoms with Crippen molar-refractivity contribution >= 4 is 11.6 Å². The van der Waals surface area contributed by atoms with E-state index in [4.69, 9.17) is 5.73 Å². The Morgan fingerprint density at radius 3 is 3.00 bits per heavy atom. The molecule has 0 aliphatic heterocycles. The van der Waals surface area contributed by atoms with Crippen LogP contribution in [0.15, 0.2) is 30.6 Å². The van der Waals surface area contributed by atoms with E-state index in [-0.39, 0.29) is 5.56 Å². The van der Waals surface area contributed by atoms with E-state index in [1.165, 1.54) is 18.2 Å². The number of hydrogen-bond acceptors (Lipinski definition) is 3. The highest BCUT2D eigenvalue weighted by Gasteiger charge is 2.11. The van der Waals surface area contributed by atoms with E-state index in [0.29, 0.717) is 18.7 Å². The Hall–Kier alpha value is -2.37. The molecule has 0 unspecified atom stereocenters. The summed E-state index contributed by atoms with van der Waals surface area (Å²) in [4.78, 5) is 15.9. The number of halogens is 1. The summed E-state index contributed by atoms with van der Waals surface area (Å²) in [6.45, 7) is 0.387. The Kier molecular flexibility index (Phi) is 3.79. The van der Waals surface area contributed by atoms with Crippen LogP contribution in [0.1, 0.15) is 16.2 Å². The van der Waals surface area contributed by atoms with Gasteiger partial charge in [-0.15, -0.1) is 0 Å². The van der Waals surface area contributed by atoms with Crippen molar-refractivity contribution in [3.05, 3.63) is 47.8 Å². The predicted octanol–water partition coefficient (Wildman–Crippen LogP) is 1.11. The fourth-order valence-corrected chi connectivity index (χ4v) is 1.74. The van der Waals surface area contributed by atoms with Crippen LogP contribution in [0.2, 0.25) is 0 Å². The van der Waals surface area contributed by atoms with Crippen LogP contribution in [-0.4, -0.2) is 22.0 Å². The molecule has 1 aromatic carbocycles. The summed E-state index contributed by atoms with van der Waals surface area (Å²) < 4.78 is 15.3. The first kappa shape index (κ1) is 13.1. The van der Waals surface area contributed by atoms with Gasteiger partial charge in [0.05, 0.1) is 5.56 Å². The summed E-state index contributed by atoms with van der Waals surface area (Å²) in [6.07, 6.45) is 4.10. The second kappa shape index (κ2) is 5.51. The van der Waals surface area contributed by atoms with Gasteiger partial charge in [0.25, 0.3) is 5.91 Å². The number of benzene rings is 1. The first-order valence-corrected chi connectivity index (χ1v) is 5.87. The molecule has 0 saturated carbocycles. The molecule has 0 atom stereocenters. The van der Waals surface area contributed by atoms with E-state index in [9.17, 15) is 9.18 Å². The van der Waals surface area contributed by atoms with Gasteiger partial charge >= 0.3 is 0 Å². The summed E-state index contributed by atoms with van der Waals surface area (Å²) in [5, 5.41) is 2.64. The molecule has 0 bridgehead atoms. The van der Waals surface area contributed by atoms with Crippen molar-refractivity contribution in [2.45, 2.75) is 6.42 Å². The number of nitrogens with zero attached hydrogens (tertiary/aromatic N) is 2. The fourth-order valence-electron chi connectivity index (χ4n) is 1.74. The fraction of sp³-hybridized carbons (Fsp3) is 0.231. The Morgan fingerprint density at radius 1 is 1.53 bits per heavy atom. The van der Waals surface area contributed by atoms with Gasteiger partial charge in [0.2, 0.25) is 0 Å². The second-order valence-corrected chi connectivity index (χ2v) is 4.20. The molecule has 1 amide bonds. The minimum atomic E-state index is -0.580. The van der Waals surface area contributed by atoms with Crippen LogP contribution in [0, 0.1) is 5.82 Å². The Labute approximate surface area is 110 Å². The molecule has 100 valence electrons. The average Bonchev–Trinajstić information content (AvgIpc) is 2.78. The molecule has 3 N–H and O–H groups in total. The number of nitrogens with two attached hydrogens (primary N) is 1. The first-order valence-electron chi connectivity index (χ1n) is 5.87. The highest BCUT2D eigenvalue weighted by Crippen LogP contribution is 2.11. The van der Waals surface area contributed by atoms with Crippen molar-refractivity contribution in [1.29, 1.82) is 0 Å². The zero-order chi connectivity index (χ0) is 13.8. The van der Waals surface area contributed by atoms with Gasteiger partial charge in [-0.25, -0.2) is 9.37 Å². The number of carbonyl (C=O) groups excluding carboxylic acids is 1. The monoisotopic (exact) mass is 262 g/mol. The number of rotatable bonds is 4. The van der Waals surface area contributed by atoms with Gasteiger partial charge in [-0.3, -0.25) is 4.79 Å². The largest absolute Gasteiger partial charge is 0.399 e. The molecule has 0 radical (unpaired) electrons. The third kappa shape index (κ3) is 3.09. The lowest BCUT2D eigenvalue weighted by atomic mass is 10.1. The summed E-state index contributed by atoms with van der Waals surface area (Å²) in [5.41, 5.74) is 5.85. The molecule has 0 aliphatic rings. The topological polar surface area (TPSA) is 72.9 Å². The van der Waals surface area contributed by atoms with Gasteiger partial charge in [0.1, 0.15) is 11.6 Å². The van der Waals surface area contributed by atoms with Crippen molar-refractivity contribution < 1.29 is 9.18 Å². The minimum absolute atomic E-state index is 0.0418. The molecule has 19 heavy (non-hydrogen) atoms. The number of hydrogen-bond donors (Lipinski definition) is 2. The maximum absolute atomic E-state index is 13.5. The molecule has 0 saturated heterocycles. The lowest BCUT2D eigenvalue weighted by Gasteiger charge is -2.07. The number of nitrogens with one attached hydrogen (secondary N) is 1. The summed E-state index contributed by atoms with van der Waals surface area (Å²) in [7, 11) is 1.88. The van der Waals surface area contributed by atoms with E-state index in [2.05, 4.69) is 10.3 Å². The van der Waals surface area contributed by atoms with Crippen LogP contribution in [0.4, 0.5) is 10.1 Å². The van der Waals surface area contributed by atoms with Crippen LogP contribution in [0.3, 0.4) is 0 Å². The summed E-state index contributed by atoms with van der Waals surface area (Å²) >= 11 is 0. The van der Waals surface area contributed by atoms with Crippen molar-refractivity contribution in [1.82, 2.24) is 14.9 Å². The molecule has 6 heteroatoms. The molecular weight excluding hydrogens is 247 g/mol. The molecule has 1 aromatic heterocycles.